The molecule has 0 fully saturated rings. The molecular formula is C13H14N2O3S. The Morgan fingerprint density at radius 1 is 1.53 bits per heavy atom. The van der Waals surface area contributed by atoms with Crippen LogP contribution in [-0.2, 0) is 7.05 Å². The number of hydrogen-bond donors (Lipinski definition) is 1. The number of ether oxygens (including phenoxy) is 1. The Bertz CT molecular complexity index is 569. The van der Waals surface area contributed by atoms with Crippen molar-refractivity contribution in [2.24, 2.45) is 7.05 Å². The van der Waals surface area contributed by atoms with E-state index in [0.29, 0.717) is 12.4 Å². The lowest BCUT2D eigenvalue weighted by molar-refractivity contribution is 0.0696. The van der Waals surface area contributed by atoms with Gasteiger partial charge in [0.15, 0.2) is 0 Å². The maximum absolute atomic E-state index is 10.8. The SMILES string of the molecule is Cn1cc(SCCOc2cccc(C(=O)O)c2)cn1. The monoisotopic (exact) mass is 278 g/mol. The molecule has 0 aliphatic rings. The van der Waals surface area contributed by atoms with Gasteiger partial charge in [-0.05, 0) is 18.2 Å². The molecule has 0 radical (unpaired) electrons. The van der Waals surface area contributed by atoms with Crippen LogP contribution in [0.15, 0.2) is 41.6 Å². The molecule has 0 unspecified atom stereocenters. The quantitative estimate of drug-likeness (QED) is 0.649. The summed E-state index contributed by atoms with van der Waals surface area (Å²) >= 11 is 1.65. The van der Waals surface area contributed by atoms with E-state index in [0.717, 1.165) is 10.6 Å². The molecule has 1 N–H and O–H groups in total. The number of rotatable bonds is 6. The Labute approximate surface area is 115 Å². The van der Waals surface area contributed by atoms with Crippen LogP contribution < -0.4 is 4.74 Å². The normalized spacial score (nSPS) is 10.4. The number of thioether (sulfide) groups is 1. The number of aromatic carboxylic acids is 1. The van der Waals surface area contributed by atoms with Gasteiger partial charge in [-0.15, -0.1) is 11.8 Å². The molecular weight excluding hydrogens is 264 g/mol. The van der Waals surface area contributed by atoms with Crippen molar-refractivity contribution >= 4 is 17.7 Å². The van der Waals surface area contributed by atoms with Gasteiger partial charge in [0.1, 0.15) is 5.75 Å². The molecule has 0 atom stereocenters. The van der Waals surface area contributed by atoms with Crippen LogP contribution in [0, 0.1) is 0 Å². The average molecular weight is 278 g/mol. The van der Waals surface area contributed by atoms with E-state index in [9.17, 15) is 4.79 Å². The molecule has 19 heavy (non-hydrogen) atoms. The van der Waals surface area contributed by atoms with Gasteiger partial charge in [0.2, 0.25) is 0 Å². The molecule has 2 aromatic rings. The van der Waals surface area contributed by atoms with Gasteiger partial charge in [0, 0.05) is 23.9 Å². The lowest BCUT2D eigenvalue weighted by Gasteiger charge is -2.05. The van der Waals surface area contributed by atoms with E-state index in [4.69, 9.17) is 9.84 Å². The van der Waals surface area contributed by atoms with Gasteiger partial charge < -0.3 is 9.84 Å². The zero-order chi connectivity index (χ0) is 13.7. The summed E-state index contributed by atoms with van der Waals surface area (Å²) in [4.78, 5) is 11.9. The van der Waals surface area contributed by atoms with Crippen molar-refractivity contribution in [3.05, 3.63) is 42.2 Å². The van der Waals surface area contributed by atoms with Crippen LogP contribution in [0.5, 0.6) is 5.75 Å². The molecule has 0 saturated heterocycles. The average Bonchev–Trinajstić information content (AvgIpc) is 2.81. The number of nitrogens with zero attached hydrogens (tertiary/aromatic N) is 2. The van der Waals surface area contributed by atoms with E-state index in [1.165, 1.54) is 6.07 Å². The highest BCUT2D eigenvalue weighted by molar-refractivity contribution is 7.99. The lowest BCUT2D eigenvalue weighted by atomic mass is 10.2. The minimum absolute atomic E-state index is 0.234. The fourth-order valence-electron chi connectivity index (χ4n) is 1.51. The molecule has 100 valence electrons. The van der Waals surface area contributed by atoms with Gasteiger partial charge in [-0.1, -0.05) is 6.07 Å². The summed E-state index contributed by atoms with van der Waals surface area (Å²) in [5.74, 6) is 0.407. The van der Waals surface area contributed by atoms with Gasteiger partial charge in [-0.2, -0.15) is 5.10 Å². The Balaban J connectivity index is 1.79. The van der Waals surface area contributed by atoms with Crippen LogP contribution in [0.4, 0.5) is 0 Å². The Kier molecular flexibility index (Phi) is 4.46. The molecule has 2 rings (SSSR count). The van der Waals surface area contributed by atoms with E-state index in [2.05, 4.69) is 5.10 Å². The number of hydrogen-bond acceptors (Lipinski definition) is 4. The minimum Gasteiger partial charge on any atom is -0.493 e. The molecule has 0 bridgehead atoms. The number of carboxylic acids is 1. The molecule has 0 spiro atoms. The Morgan fingerprint density at radius 2 is 2.37 bits per heavy atom. The number of aromatic nitrogens is 2. The first-order valence-corrected chi connectivity index (χ1v) is 6.71. The molecule has 1 aromatic heterocycles. The first kappa shape index (κ1) is 13.5. The molecule has 0 saturated carbocycles. The van der Waals surface area contributed by atoms with E-state index in [-0.39, 0.29) is 5.56 Å². The largest absolute Gasteiger partial charge is 0.493 e. The zero-order valence-electron chi connectivity index (χ0n) is 10.4. The minimum atomic E-state index is -0.949. The van der Waals surface area contributed by atoms with Crippen molar-refractivity contribution < 1.29 is 14.6 Å². The van der Waals surface area contributed by atoms with Crippen LogP contribution in [-0.4, -0.2) is 33.2 Å². The summed E-state index contributed by atoms with van der Waals surface area (Å²) in [6.07, 6.45) is 3.74. The smallest absolute Gasteiger partial charge is 0.335 e. The van der Waals surface area contributed by atoms with Gasteiger partial charge in [0.05, 0.1) is 18.4 Å². The summed E-state index contributed by atoms with van der Waals surface area (Å²) in [7, 11) is 1.87. The second-order valence-corrected chi connectivity index (χ2v) is 5.05. The molecule has 0 amide bonds. The second kappa shape index (κ2) is 6.29. The summed E-state index contributed by atoms with van der Waals surface area (Å²) in [5, 5.41) is 12.9. The van der Waals surface area contributed by atoms with E-state index < -0.39 is 5.97 Å². The summed E-state index contributed by atoms with van der Waals surface area (Å²) in [5.41, 5.74) is 0.234. The standard InChI is InChI=1S/C13H14N2O3S/c1-15-9-12(8-14-15)19-6-5-18-11-4-2-3-10(7-11)13(16)17/h2-4,7-9H,5-6H2,1H3,(H,16,17). The van der Waals surface area contributed by atoms with Gasteiger partial charge in [-0.3, -0.25) is 4.68 Å². The third-order valence-electron chi connectivity index (χ3n) is 2.38. The number of carbonyl (C=O) groups is 1. The van der Waals surface area contributed by atoms with E-state index in [1.807, 2.05) is 13.2 Å². The van der Waals surface area contributed by atoms with Crippen LogP contribution in [0.1, 0.15) is 10.4 Å². The number of aryl methyl sites for hydroxylation is 1. The van der Waals surface area contributed by atoms with Crippen molar-refractivity contribution in [1.29, 1.82) is 0 Å². The predicted octanol–water partition coefficient (Wildman–Crippen LogP) is 2.29. The van der Waals surface area contributed by atoms with Crippen LogP contribution in [0.3, 0.4) is 0 Å². The molecule has 1 heterocycles. The van der Waals surface area contributed by atoms with Crippen molar-refractivity contribution in [1.82, 2.24) is 9.78 Å². The third-order valence-corrected chi connectivity index (χ3v) is 3.30. The van der Waals surface area contributed by atoms with Crippen LogP contribution in [0.25, 0.3) is 0 Å². The van der Waals surface area contributed by atoms with E-state index in [1.54, 1.807) is 40.8 Å². The zero-order valence-corrected chi connectivity index (χ0v) is 11.3. The Morgan fingerprint density at radius 3 is 3.05 bits per heavy atom. The van der Waals surface area contributed by atoms with E-state index >= 15 is 0 Å². The van der Waals surface area contributed by atoms with Crippen molar-refractivity contribution in [3.63, 3.8) is 0 Å². The first-order chi connectivity index (χ1) is 9.15. The lowest BCUT2D eigenvalue weighted by Crippen LogP contribution is -2.02. The maximum Gasteiger partial charge on any atom is 0.335 e. The molecule has 1 aromatic carbocycles. The highest BCUT2D eigenvalue weighted by Gasteiger charge is 2.04. The van der Waals surface area contributed by atoms with Crippen molar-refractivity contribution in [2.45, 2.75) is 4.90 Å². The predicted molar refractivity (Wildman–Crippen MR) is 72.8 cm³/mol. The van der Waals surface area contributed by atoms with Gasteiger partial charge >= 0.3 is 5.97 Å². The topological polar surface area (TPSA) is 64.3 Å². The van der Waals surface area contributed by atoms with Gasteiger partial charge in [-0.25, -0.2) is 4.79 Å². The number of benzene rings is 1. The fourth-order valence-corrected chi connectivity index (χ4v) is 2.26. The Hall–Kier alpha value is -1.95. The van der Waals surface area contributed by atoms with Crippen molar-refractivity contribution in [3.8, 4) is 5.75 Å². The highest BCUT2D eigenvalue weighted by atomic mass is 32.2. The number of carboxylic acid groups (broad SMARTS) is 1. The molecule has 5 nitrogen and oxygen atoms in total. The third kappa shape index (κ3) is 4.03. The second-order valence-electron chi connectivity index (χ2n) is 3.88. The molecule has 6 heteroatoms. The first-order valence-electron chi connectivity index (χ1n) is 5.73. The summed E-state index contributed by atoms with van der Waals surface area (Å²) < 4.78 is 7.26. The maximum atomic E-state index is 10.8. The summed E-state index contributed by atoms with van der Waals surface area (Å²) in [6.45, 7) is 0.517. The van der Waals surface area contributed by atoms with Gasteiger partial charge in [0.25, 0.3) is 0 Å². The van der Waals surface area contributed by atoms with Crippen LogP contribution in [0.2, 0.25) is 0 Å². The molecule has 0 aliphatic heterocycles. The van der Waals surface area contributed by atoms with Crippen molar-refractivity contribution in [2.75, 3.05) is 12.4 Å². The highest BCUT2D eigenvalue weighted by Crippen LogP contribution is 2.17. The fraction of sp³-hybridized carbons (Fsp3) is 0.231. The molecule has 0 aliphatic carbocycles. The van der Waals surface area contributed by atoms with Crippen LogP contribution >= 0.6 is 11.8 Å². The summed E-state index contributed by atoms with van der Waals surface area (Å²) in [6, 6.07) is 6.49.